The first-order valence-electron chi connectivity index (χ1n) is 11.1. The van der Waals surface area contributed by atoms with Gasteiger partial charge >= 0.3 is 0 Å². The third kappa shape index (κ3) is 3.95. The molecular weight excluding hydrogens is 424 g/mol. The first kappa shape index (κ1) is 21.6. The number of para-hydroxylation sites is 1. The van der Waals surface area contributed by atoms with Crippen molar-refractivity contribution in [2.75, 3.05) is 11.9 Å². The Morgan fingerprint density at radius 2 is 1.44 bits per heavy atom. The fraction of sp³-hybridized carbons (Fsp3) is 0.107. The lowest BCUT2D eigenvalue weighted by Crippen LogP contribution is -2.31. The van der Waals surface area contributed by atoms with Crippen LogP contribution in [0.4, 0.5) is 11.5 Å². The number of hydrogen-bond acceptors (Lipinski definition) is 5. The van der Waals surface area contributed by atoms with E-state index in [-0.39, 0.29) is 12.2 Å². The number of aliphatic hydroxyl groups excluding tert-OH is 1. The molecule has 3 aromatic carbocycles. The van der Waals surface area contributed by atoms with Crippen molar-refractivity contribution in [3.63, 3.8) is 0 Å². The van der Waals surface area contributed by atoms with Gasteiger partial charge in [0.05, 0.1) is 23.1 Å². The summed E-state index contributed by atoms with van der Waals surface area (Å²) in [6.07, 6.45) is 1.59. The molecule has 168 valence electrons. The highest BCUT2D eigenvalue weighted by molar-refractivity contribution is 5.81. The van der Waals surface area contributed by atoms with Crippen molar-refractivity contribution in [2.45, 2.75) is 12.6 Å². The van der Waals surface area contributed by atoms with Gasteiger partial charge in [-0.15, -0.1) is 0 Å². The van der Waals surface area contributed by atoms with E-state index in [1.54, 1.807) is 16.8 Å². The molecule has 0 unspecified atom stereocenters. The Kier molecular flexibility index (Phi) is 5.89. The first-order chi connectivity index (χ1) is 16.7. The minimum atomic E-state index is -0.433. The number of anilines is 2. The van der Waals surface area contributed by atoms with E-state index < -0.39 is 6.04 Å². The van der Waals surface area contributed by atoms with Gasteiger partial charge < -0.3 is 10.0 Å². The summed E-state index contributed by atoms with van der Waals surface area (Å²) in [5, 5.41) is 10.6. The molecule has 34 heavy (non-hydrogen) atoms. The standard InChI is InChI=1S/C28H24N4O2/c1-31(22-15-9-4-10-16-22)25-17-23-24(18-29-25)30-26(19-33)32(28(23)34)27(20-11-5-2-6-12-20)21-13-7-3-8-14-21/h2-18,27,33H,19H2,1H3. The van der Waals surface area contributed by atoms with E-state index in [0.717, 1.165) is 16.8 Å². The number of nitrogens with zero attached hydrogens (tertiary/aromatic N) is 4. The van der Waals surface area contributed by atoms with E-state index in [2.05, 4.69) is 9.97 Å². The van der Waals surface area contributed by atoms with E-state index >= 15 is 0 Å². The summed E-state index contributed by atoms with van der Waals surface area (Å²) in [5.74, 6) is 0.929. The quantitative estimate of drug-likeness (QED) is 0.408. The Balaban J connectivity index is 1.73. The summed E-state index contributed by atoms with van der Waals surface area (Å²) < 4.78 is 1.60. The average molecular weight is 449 g/mol. The van der Waals surface area contributed by atoms with Crippen molar-refractivity contribution in [3.8, 4) is 0 Å². The third-order valence-electron chi connectivity index (χ3n) is 5.96. The largest absolute Gasteiger partial charge is 0.388 e. The van der Waals surface area contributed by atoms with Gasteiger partial charge in [0.25, 0.3) is 5.56 Å². The van der Waals surface area contributed by atoms with Crippen LogP contribution in [0.1, 0.15) is 23.0 Å². The van der Waals surface area contributed by atoms with Crippen LogP contribution in [0.5, 0.6) is 0 Å². The molecule has 0 aliphatic carbocycles. The molecule has 1 N–H and O–H groups in total. The van der Waals surface area contributed by atoms with E-state index in [9.17, 15) is 9.90 Å². The predicted octanol–water partition coefficient (Wildman–Crippen LogP) is 4.69. The maximum Gasteiger partial charge on any atom is 0.262 e. The van der Waals surface area contributed by atoms with Gasteiger partial charge in [0.15, 0.2) is 0 Å². The Labute approximate surface area is 197 Å². The summed E-state index contributed by atoms with van der Waals surface area (Å²) >= 11 is 0. The number of aliphatic hydroxyl groups is 1. The number of fused-ring (bicyclic) bond motifs is 1. The number of aromatic nitrogens is 3. The molecule has 5 aromatic rings. The molecule has 0 atom stereocenters. The second-order valence-corrected chi connectivity index (χ2v) is 8.04. The molecule has 2 aromatic heterocycles. The fourth-order valence-electron chi connectivity index (χ4n) is 4.24. The molecule has 6 nitrogen and oxygen atoms in total. The lowest BCUT2D eigenvalue weighted by molar-refractivity contribution is 0.262. The maximum atomic E-state index is 14.0. The Hall–Kier alpha value is -4.29. The monoisotopic (exact) mass is 448 g/mol. The van der Waals surface area contributed by atoms with E-state index in [0.29, 0.717) is 22.5 Å². The topological polar surface area (TPSA) is 71.2 Å². The molecule has 0 amide bonds. The van der Waals surface area contributed by atoms with Gasteiger partial charge in [-0.05, 0) is 29.3 Å². The van der Waals surface area contributed by atoms with E-state index in [4.69, 9.17) is 0 Å². The zero-order valence-electron chi connectivity index (χ0n) is 18.7. The predicted molar refractivity (Wildman–Crippen MR) is 134 cm³/mol. The van der Waals surface area contributed by atoms with Gasteiger partial charge in [0, 0.05) is 12.7 Å². The van der Waals surface area contributed by atoms with Crippen molar-refractivity contribution < 1.29 is 5.11 Å². The van der Waals surface area contributed by atoms with Gasteiger partial charge in [-0.1, -0.05) is 78.9 Å². The van der Waals surface area contributed by atoms with E-state index in [1.807, 2.05) is 103 Å². The van der Waals surface area contributed by atoms with Gasteiger partial charge in [-0.2, -0.15) is 0 Å². The number of benzene rings is 3. The Bertz CT molecular complexity index is 1430. The number of rotatable bonds is 6. The zero-order chi connectivity index (χ0) is 23.5. The summed E-state index contributed by atoms with van der Waals surface area (Å²) in [7, 11) is 1.91. The highest BCUT2D eigenvalue weighted by Crippen LogP contribution is 2.28. The molecule has 0 radical (unpaired) electrons. The smallest absolute Gasteiger partial charge is 0.262 e. The van der Waals surface area contributed by atoms with Crippen molar-refractivity contribution in [1.29, 1.82) is 0 Å². The van der Waals surface area contributed by atoms with Crippen molar-refractivity contribution in [1.82, 2.24) is 14.5 Å². The summed E-state index contributed by atoms with van der Waals surface area (Å²) in [6, 6.07) is 30.8. The van der Waals surface area contributed by atoms with Crippen molar-refractivity contribution in [2.24, 2.45) is 0 Å². The first-order valence-corrected chi connectivity index (χ1v) is 11.1. The minimum absolute atomic E-state index is 0.225. The van der Waals surface area contributed by atoms with Gasteiger partial charge in [-0.25, -0.2) is 9.97 Å². The number of hydrogen-bond donors (Lipinski definition) is 1. The fourth-order valence-corrected chi connectivity index (χ4v) is 4.24. The van der Waals surface area contributed by atoms with Crippen LogP contribution in [-0.4, -0.2) is 26.7 Å². The second kappa shape index (κ2) is 9.29. The van der Waals surface area contributed by atoms with Crippen LogP contribution in [0, 0.1) is 0 Å². The molecule has 5 rings (SSSR count). The van der Waals surface area contributed by atoms with Gasteiger partial charge in [0.1, 0.15) is 18.2 Å². The van der Waals surface area contributed by atoms with Crippen LogP contribution in [0.15, 0.2) is 108 Å². The van der Waals surface area contributed by atoms with Crippen LogP contribution in [0.2, 0.25) is 0 Å². The van der Waals surface area contributed by atoms with Crippen molar-refractivity contribution in [3.05, 3.63) is 131 Å². The summed E-state index contributed by atoms with van der Waals surface area (Å²) in [6.45, 7) is -0.368. The zero-order valence-corrected chi connectivity index (χ0v) is 18.7. The molecule has 0 aliphatic heterocycles. The van der Waals surface area contributed by atoms with Crippen LogP contribution in [-0.2, 0) is 6.61 Å². The molecule has 0 aliphatic rings. The minimum Gasteiger partial charge on any atom is -0.388 e. The van der Waals surface area contributed by atoms with E-state index in [1.165, 1.54) is 0 Å². The van der Waals surface area contributed by atoms with Crippen LogP contribution < -0.4 is 10.5 Å². The molecule has 2 heterocycles. The highest BCUT2D eigenvalue weighted by atomic mass is 16.3. The van der Waals surface area contributed by atoms with Crippen molar-refractivity contribution >= 4 is 22.4 Å². The molecule has 6 heteroatoms. The highest BCUT2D eigenvalue weighted by Gasteiger charge is 2.23. The SMILES string of the molecule is CN(c1ccccc1)c1cc2c(=O)n(C(c3ccccc3)c3ccccc3)c(CO)nc2cn1. The van der Waals surface area contributed by atoms with Gasteiger partial charge in [-0.3, -0.25) is 9.36 Å². The lowest BCUT2D eigenvalue weighted by Gasteiger charge is -2.24. The molecule has 0 bridgehead atoms. The van der Waals surface area contributed by atoms with Gasteiger partial charge in [0.2, 0.25) is 0 Å². The average Bonchev–Trinajstić information content (AvgIpc) is 2.91. The Morgan fingerprint density at radius 3 is 2.00 bits per heavy atom. The normalized spacial score (nSPS) is 11.1. The second-order valence-electron chi connectivity index (χ2n) is 8.04. The number of pyridine rings is 1. The summed E-state index contributed by atoms with van der Waals surface area (Å²) in [4.78, 5) is 25.1. The lowest BCUT2D eigenvalue weighted by atomic mass is 9.98. The summed E-state index contributed by atoms with van der Waals surface area (Å²) in [5.41, 5.74) is 3.05. The molecule has 0 fully saturated rings. The molecular formula is C28H24N4O2. The van der Waals surface area contributed by atoms with Crippen LogP contribution in [0.25, 0.3) is 10.9 Å². The van der Waals surface area contributed by atoms with Crippen LogP contribution >= 0.6 is 0 Å². The van der Waals surface area contributed by atoms with Crippen LogP contribution in [0.3, 0.4) is 0 Å². The molecule has 0 spiro atoms. The maximum absolute atomic E-state index is 14.0. The third-order valence-corrected chi connectivity index (χ3v) is 5.96. The Morgan fingerprint density at radius 1 is 0.882 bits per heavy atom. The molecule has 0 saturated carbocycles. The molecule has 0 saturated heterocycles.